The van der Waals surface area contributed by atoms with Gasteiger partial charge in [0.2, 0.25) is 0 Å². The van der Waals surface area contributed by atoms with Gasteiger partial charge in [0, 0.05) is 0 Å². The summed E-state index contributed by atoms with van der Waals surface area (Å²) in [7, 11) is 0. The van der Waals surface area contributed by atoms with Gasteiger partial charge < -0.3 is 0 Å². The Bertz CT molecular complexity index is 261. The summed E-state index contributed by atoms with van der Waals surface area (Å²) in [6.07, 6.45) is 7.23. The molecule has 2 fully saturated rings. The Morgan fingerprint density at radius 3 is 2.20 bits per heavy atom. The monoisotopic (exact) mass is 206 g/mol. The van der Waals surface area contributed by atoms with Crippen LogP contribution in [-0.4, -0.2) is 0 Å². The lowest BCUT2D eigenvalue weighted by Crippen LogP contribution is -1.93. The molecule has 4 atom stereocenters. The molecule has 0 radical (unpaired) electrons. The van der Waals surface area contributed by atoms with Crippen LogP contribution < -0.4 is 0 Å². The highest BCUT2D eigenvalue weighted by Crippen LogP contribution is 2.52. The van der Waals surface area contributed by atoms with Crippen LogP contribution in [0.4, 0.5) is 0 Å². The highest BCUT2D eigenvalue weighted by Gasteiger charge is 2.41. The van der Waals surface area contributed by atoms with E-state index < -0.39 is 0 Å². The van der Waals surface area contributed by atoms with Gasteiger partial charge in [0.05, 0.1) is 0 Å². The molecule has 0 aromatic carbocycles. The quantitative estimate of drug-likeness (QED) is 0.566. The zero-order chi connectivity index (χ0) is 11.0. The highest BCUT2D eigenvalue weighted by atomic mass is 14.5. The number of allylic oxidation sites excluding steroid dienone is 2. The third-order valence-electron chi connectivity index (χ3n) is 4.69. The van der Waals surface area contributed by atoms with Gasteiger partial charge in [-0.15, -0.1) is 0 Å². The summed E-state index contributed by atoms with van der Waals surface area (Å²) in [6, 6.07) is 0. The Morgan fingerprint density at radius 1 is 1.07 bits per heavy atom. The number of hydrogen-bond acceptors (Lipinski definition) is 0. The summed E-state index contributed by atoms with van der Waals surface area (Å²) in [5.74, 6) is 3.96. The van der Waals surface area contributed by atoms with Gasteiger partial charge in [0.1, 0.15) is 0 Å². The molecule has 0 heterocycles. The maximum atomic E-state index is 2.40. The summed E-state index contributed by atoms with van der Waals surface area (Å²) in [4.78, 5) is 0. The van der Waals surface area contributed by atoms with Crippen molar-refractivity contribution in [3.8, 4) is 0 Å². The molecule has 0 saturated heterocycles. The van der Waals surface area contributed by atoms with Crippen LogP contribution in [0.15, 0.2) is 11.1 Å². The minimum Gasteiger partial charge on any atom is -0.0707 e. The first kappa shape index (κ1) is 11.2. The van der Waals surface area contributed by atoms with Crippen molar-refractivity contribution in [1.29, 1.82) is 0 Å². The zero-order valence-electron chi connectivity index (χ0n) is 10.8. The van der Waals surface area contributed by atoms with E-state index in [9.17, 15) is 0 Å². The molecular formula is C15H26. The Hall–Kier alpha value is -0.260. The topological polar surface area (TPSA) is 0 Å². The fourth-order valence-corrected chi connectivity index (χ4v) is 3.07. The minimum absolute atomic E-state index is 0.956. The summed E-state index contributed by atoms with van der Waals surface area (Å²) in [5, 5.41) is 0. The van der Waals surface area contributed by atoms with Crippen molar-refractivity contribution in [3.63, 3.8) is 0 Å². The van der Waals surface area contributed by atoms with Crippen LogP contribution >= 0.6 is 0 Å². The molecular weight excluding hydrogens is 180 g/mol. The first-order valence-corrected chi connectivity index (χ1v) is 6.82. The second-order valence-corrected chi connectivity index (χ2v) is 5.93. The van der Waals surface area contributed by atoms with E-state index in [0.717, 1.165) is 23.7 Å². The Labute approximate surface area is 95.1 Å². The molecule has 0 amide bonds. The van der Waals surface area contributed by atoms with E-state index in [4.69, 9.17) is 0 Å². The highest BCUT2D eigenvalue weighted by molar-refractivity contribution is 5.25. The van der Waals surface area contributed by atoms with Crippen LogP contribution in [0.25, 0.3) is 0 Å². The van der Waals surface area contributed by atoms with Gasteiger partial charge in [-0.25, -0.2) is 0 Å². The Kier molecular flexibility index (Phi) is 3.23. The van der Waals surface area contributed by atoms with Crippen molar-refractivity contribution in [2.75, 3.05) is 0 Å². The van der Waals surface area contributed by atoms with Gasteiger partial charge in [-0.1, -0.05) is 37.8 Å². The van der Waals surface area contributed by atoms with Gasteiger partial charge in [-0.3, -0.25) is 0 Å². The molecule has 2 saturated carbocycles. The van der Waals surface area contributed by atoms with E-state index in [1.165, 1.54) is 32.1 Å². The molecule has 0 spiro atoms. The fraction of sp³-hybridized carbons (Fsp3) is 0.867. The summed E-state index contributed by atoms with van der Waals surface area (Å²) < 4.78 is 0. The second-order valence-electron chi connectivity index (χ2n) is 5.93. The van der Waals surface area contributed by atoms with E-state index in [-0.39, 0.29) is 0 Å². The predicted molar refractivity (Wildman–Crippen MR) is 66.8 cm³/mol. The van der Waals surface area contributed by atoms with E-state index in [2.05, 4.69) is 27.7 Å². The first-order chi connectivity index (χ1) is 7.15. The Balaban J connectivity index is 1.84. The molecule has 0 aliphatic heterocycles. The molecule has 2 rings (SSSR count). The molecule has 2 aliphatic carbocycles. The van der Waals surface area contributed by atoms with Crippen molar-refractivity contribution in [1.82, 2.24) is 0 Å². The van der Waals surface area contributed by atoms with Crippen LogP contribution in [0.1, 0.15) is 59.8 Å². The van der Waals surface area contributed by atoms with Crippen molar-refractivity contribution in [2.24, 2.45) is 23.7 Å². The number of rotatable bonds is 5. The van der Waals surface area contributed by atoms with E-state index in [0.29, 0.717) is 0 Å². The van der Waals surface area contributed by atoms with Crippen molar-refractivity contribution in [2.45, 2.75) is 59.8 Å². The van der Waals surface area contributed by atoms with Crippen LogP contribution in [0.2, 0.25) is 0 Å². The fourth-order valence-electron chi connectivity index (χ4n) is 3.07. The zero-order valence-corrected chi connectivity index (χ0v) is 10.8. The maximum absolute atomic E-state index is 2.40. The van der Waals surface area contributed by atoms with Crippen LogP contribution in [0, 0.1) is 23.7 Å². The molecule has 0 nitrogen and oxygen atoms in total. The lowest BCUT2D eigenvalue weighted by atomic mass is 9.99. The number of unbranched alkanes of at least 4 members (excludes halogenated alkanes) is 1. The molecule has 4 unspecified atom stereocenters. The lowest BCUT2D eigenvalue weighted by molar-refractivity contribution is 0.623. The minimum atomic E-state index is 0.956. The molecule has 2 aliphatic rings. The van der Waals surface area contributed by atoms with Crippen LogP contribution in [0.5, 0.6) is 0 Å². The molecule has 0 aromatic heterocycles. The normalized spacial score (nSPS) is 40.0. The van der Waals surface area contributed by atoms with E-state index >= 15 is 0 Å². The van der Waals surface area contributed by atoms with Gasteiger partial charge in [0.25, 0.3) is 0 Å². The van der Waals surface area contributed by atoms with E-state index in [1.807, 2.05) is 0 Å². The van der Waals surface area contributed by atoms with Gasteiger partial charge in [-0.05, 0) is 56.8 Å². The van der Waals surface area contributed by atoms with Crippen LogP contribution in [0.3, 0.4) is 0 Å². The molecule has 0 N–H and O–H groups in total. The SMILES string of the molecule is CCCCC1CC1C(C)=C(C)C1CC1C. The Morgan fingerprint density at radius 2 is 1.67 bits per heavy atom. The molecule has 0 heteroatoms. The summed E-state index contributed by atoms with van der Waals surface area (Å²) in [6.45, 7) is 9.48. The molecule has 86 valence electrons. The van der Waals surface area contributed by atoms with Gasteiger partial charge in [0.15, 0.2) is 0 Å². The smallest absolute Gasteiger partial charge is 0.0172 e. The van der Waals surface area contributed by atoms with Crippen molar-refractivity contribution in [3.05, 3.63) is 11.1 Å². The summed E-state index contributed by atoms with van der Waals surface area (Å²) in [5.41, 5.74) is 3.50. The van der Waals surface area contributed by atoms with Crippen molar-refractivity contribution < 1.29 is 0 Å². The molecule has 15 heavy (non-hydrogen) atoms. The predicted octanol–water partition coefficient (Wildman–Crippen LogP) is 4.81. The summed E-state index contributed by atoms with van der Waals surface area (Å²) >= 11 is 0. The van der Waals surface area contributed by atoms with E-state index in [1.54, 1.807) is 11.1 Å². The molecule has 0 aromatic rings. The number of hydrogen-bond donors (Lipinski definition) is 0. The van der Waals surface area contributed by atoms with Crippen molar-refractivity contribution >= 4 is 0 Å². The van der Waals surface area contributed by atoms with Crippen LogP contribution in [-0.2, 0) is 0 Å². The largest absolute Gasteiger partial charge is 0.0707 e. The first-order valence-electron chi connectivity index (χ1n) is 6.82. The third-order valence-corrected chi connectivity index (χ3v) is 4.69. The van der Waals surface area contributed by atoms with Gasteiger partial charge >= 0.3 is 0 Å². The van der Waals surface area contributed by atoms with Gasteiger partial charge in [-0.2, -0.15) is 0 Å². The second kappa shape index (κ2) is 4.31. The average molecular weight is 206 g/mol. The maximum Gasteiger partial charge on any atom is -0.0172 e. The third kappa shape index (κ3) is 2.46. The average Bonchev–Trinajstić information content (AvgIpc) is 3.09. The molecule has 0 bridgehead atoms. The standard InChI is InChI=1S/C15H26/c1-5-6-7-13-9-15(13)12(4)11(3)14-8-10(14)2/h10,13-15H,5-9H2,1-4H3. The lowest BCUT2D eigenvalue weighted by Gasteiger charge is -2.07.